The largest absolute Gasteiger partial charge is 0.494 e. The van der Waals surface area contributed by atoms with Gasteiger partial charge in [0.15, 0.2) is 16.6 Å². The smallest absolute Gasteiger partial charge is 0.413 e. The summed E-state index contributed by atoms with van der Waals surface area (Å²) in [5.41, 5.74) is 17.3. The number of ether oxygens (including phenoxy) is 2. The molecular weight excluding hydrogens is 1280 g/mol. The average molecular weight is 1380 g/mol. The van der Waals surface area contributed by atoms with Crippen LogP contribution in [0.4, 0.5) is 0 Å². The molecule has 2 amide bonds. The van der Waals surface area contributed by atoms with Crippen molar-refractivity contribution in [2.45, 2.75) is 196 Å². The van der Waals surface area contributed by atoms with E-state index in [1.54, 1.807) is 21.8 Å². The number of benzene rings is 2. The van der Waals surface area contributed by atoms with Gasteiger partial charge >= 0.3 is 21.1 Å². The standard InChI is InChI=1S/C31H47BN4O5Si.C26H37BrN4O3Si.C10H20B2O4/c1-29(2,3)42(8,9)41-31(6,7)24-11-10-21(14-25(24)32-39-19-30(4,5)20-40-32)15-26-23(28(34)37)17-36(35-26)27-18-38-13-12-22(27)16-33;1-25(2,3)35(6,7)34-26(4,5)20-9-8-17(12-21(20)27)13-22-19(24(29)32)15-31(30-22)23-16-33-11-10-18(23)14-28;1-9(2)5-13-11(14-6-9)12-15-7-10(3,4)8-16-12/h10-11,14,17,22,27H,12-13,15,18-20H2,1-9H3,(H2,34,37);8-9,12,15,18,23H,10-11,13,16H2,1-7H3,(H2,29,32);5-8H2,1-4H3/t22-,27?;18-,23?;/m00./s1. The first-order chi connectivity index (χ1) is 43.0. The van der Waals surface area contributed by atoms with Gasteiger partial charge < -0.3 is 57.7 Å². The molecule has 2 aromatic carbocycles. The summed E-state index contributed by atoms with van der Waals surface area (Å²) in [6.07, 6.45) is 5.40. The van der Waals surface area contributed by atoms with E-state index in [2.05, 4.69) is 194 Å². The van der Waals surface area contributed by atoms with Crippen molar-refractivity contribution in [2.24, 2.45) is 39.5 Å². The monoisotopic (exact) mass is 1380 g/mol. The summed E-state index contributed by atoms with van der Waals surface area (Å²) in [6.45, 7) is 49.4. The average Bonchev–Trinajstić information content (AvgIpc) is 1.41. The number of hydrogen-bond donors (Lipinski definition) is 2. The van der Waals surface area contributed by atoms with Crippen molar-refractivity contribution in [1.82, 2.24) is 19.6 Å². The molecule has 508 valence electrons. The fourth-order valence-electron chi connectivity index (χ4n) is 11.4. The van der Waals surface area contributed by atoms with Gasteiger partial charge in [0.2, 0.25) is 0 Å². The number of carbonyl (C=O) groups excluding carboxylic acids is 2. The highest BCUT2D eigenvalue weighted by molar-refractivity contribution is 9.10. The molecule has 5 saturated heterocycles. The molecule has 93 heavy (non-hydrogen) atoms. The molecule has 5 aliphatic rings. The van der Waals surface area contributed by atoms with E-state index in [-0.39, 0.29) is 64.3 Å². The lowest BCUT2D eigenvalue weighted by molar-refractivity contribution is 0.00624. The second kappa shape index (κ2) is 29.7. The van der Waals surface area contributed by atoms with E-state index in [9.17, 15) is 20.1 Å². The Morgan fingerprint density at radius 1 is 0.602 bits per heavy atom. The lowest BCUT2D eigenvalue weighted by Crippen LogP contribution is -2.56. The summed E-state index contributed by atoms with van der Waals surface area (Å²) in [5.74, 6) is -1.54. The number of hydrogen-bond acceptors (Lipinski definition) is 16. The number of nitriles is 2. The van der Waals surface area contributed by atoms with Crippen LogP contribution < -0.4 is 16.9 Å². The normalized spacial score (nSPS) is 22.1. The number of amides is 2. The van der Waals surface area contributed by atoms with Crippen molar-refractivity contribution in [2.75, 3.05) is 66.1 Å². The fourth-order valence-corrected chi connectivity index (χ4v) is 15.7. The SMILES string of the molecule is CC(C)(O[Si](C)(C)C(C)(C)C)c1ccc(Cc2nn(C3COCC[C@H]3C#N)cc2C(N)=O)cc1Br.CC1(C)COB(B2OCC(C)(C)CO2)OC1.CC1(C)COB(c2cc(Cc3nn(C4COCC[C@H]4C#N)cc3C(N)=O)ccc2C(C)(C)O[Si](C)(C)C(C)(C)C)OC1. The number of rotatable bonds is 16. The third-order valence-corrected chi connectivity index (χ3v) is 28.8. The van der Waals surface area contributed by atoms with Crippen LogP contribution in [0.25, 0.3) is 0 Å². The summed E-state index contributed by atoms with van der Waals surface area (Å²) < 4.78 is 64.3. The summed E-state index contributed by atoms with van der Waals surface area (Å²) in [4.78, 5) is 24.6. The van der Waals surface area contributed by atoms with E-state index in [1.807, 2.05) is 12.1 Å². The third kappa shape index (κ3) is 19.4. The number of aromatic nitrogens is 4. The van der Waals surface area contributed by atoms with Crippen LogP contribution in [-0.2, 0) is 70.3 Å². The molecule has 7 heterocycles. The highest BCUT2D eigenvalue weighted by atomic mass is 79.9. The van der Waals surface area contributed by atoms with E-state index in [0.29, 0.717) is 114 Å². The fraction of sp³-hybridized carbons (Fsp3) is 0.672. The van der Waals surface area contributed by atoms with Crippen LogP contribution in [0.15, 0.2) is 53.3 Å². The molecule has 4 atom stereocenters. The molecule has 4 N–H and O–H groups in total. The van der Waals surface area contributed by atoms with Gasteiger partial charge in [-0.05, 0) is 111 Å². The Balaban J connectivity index is 0.000000215. The Kier molecular flexibility index (Phi) is 24.2. The maximum atomic E-state index is 12.5. The molecule has 0 aliphatic carbocycles. The van der Waals surface area contributed by atoms with Crippen molar-refractivity contribution >= 4 is 71.0 Å². The van der Waals surface area contributed by atoms with E-state index >= 15 is 0 Å². The lowest BCUT2D eigenvalue weighted by Gasteiger charge is -2.44. The second-order valence-corrected chi connectivity index (χ2v) is 42.6. The Labute approximate surface area is 565 Å². The minimum atomic E-state index is -2.11. The molecule has 0 bridgehead atoms. The summed E-state index contributed by atoms with van der Waals surface area (Å²) in [5, 5.41) is 28.8. The maximum absolute atomic E-state index is 12.5. The second-order valence-electron chi connectivity index (χ2n) is 32.3. The minimum absolute atomic E-state index is 0.0458. The van der Waals surface area contributed by atoms with Gasteiger partial charge in [-0.2, -0.15) is 20.7 Å². The first kappa shape index (κ1) is 75.9. The van der Waals surface area contributed by atoms with Crippen LogP contribution in [0.5, 0.6) is 0 Å². The van der Waals surface area contributed by atoms with Crippen molar-refractivity contribution < 1.29 is 55.8 Å². The molecule has 4 aromatic rings. The molecule has 26 heteroatoms. The molecule has 0 saturated carbocycles. The van der Waals surface area contributed by atoms with Gasteiger partial charge in [0, 0.05) is 98.8 Å². The van der Waals surface area contributed by atoms with Crippen LogP contribution >= 0.6 is 15.9 Å². The van der Waals surface area contributed by atoms with Crippen LogP contribution in [0, 0.1) is 50.7 Å². The Morgan fingerprint density at radius 2 is 0.957 bits per heavy atom. The lowest BCUT2D eigenvalue weighted by atomic mass is 9.47. The van der Waals surface area contributed by atoms with Gasteiger partial charge in [0.25, 0.3) is 11.8 Å². The van der Waals surface area contributed by atoms with Crippen LogP contribution in [0.2, 0.25) is 36.3 Å². The van der Waals surface area contributed by atoms with Crippen molar-refractivity contribution in [3.63, 3.8) is 0 Å². The Hall–Kier alpha value is -4.51. The van der Waals surface area contributed by atoms with Crippen LogP contribution in [0.3, 0.4) is 0 Å². The maximum Gasteiger partial charge on any atom is 0.494 e. The zero-order chi connectivity index (χ0) is 69.1. The van der Waals surface area contributed by atoms with Crippen molar-refractivity contribution in [1.29, 1.82) is 10.5 Å². The van der Waals surface area contributed by atoms with Gasteiger partial charge in [-0.3, -0.25) is 19.0 Å². The third-order valence-electron chi connectivity index (χ3n) is 18.9. The zero-order valence-corrected chi connectivity index (χ0v) is 62.8. The summed E-state index contributed by atoms with van der Waals surface area (Å²) in [7, 11) is -5.38. The van der Waals surface area contributed by atoms with Gasteiger partial charge in [-0.1, -0.05) is 129 Å². The quantitative estimate of drug-likeness (QED) is 0.0988. The highest BCUT2D eigenvalue weighted by Crippen LogP contribution is 2.45. The molecular formula is C67H104B3BrN8O12Si2. The highest BCUT2D eigenvalue weighted by Gasteiger charge is 2.49. The van der Waals surface area contributed by atoms with Crippen molar-refractivity contribution in [3.8, 4) is 12.1 Å². The summed E-state index contributed by atoms with van der Waals surface area (Å²) in [6, 6.07) is 16.6. The first-order valence-corrected chi connectivity index (χ1v) is 39.3. The molecule has 5 aliphatic heterocycles. The van der Waals surface area contributed by atoms with E-state index in [0.717, 1.165) is 32.2 Å². The Morgan fingerprint density at radius 3 is 1.31 bits per heavy atom. The number of carbonyl (C=O) groups is 2. The molecule has 2 unspecified atom stereocenters. The molecule has 9 rings (SSSR count). The van der Waals surface area contributed by atoms with E-state index in [4.69, 9.17) is 62.8 Å². The number of halogens is 1. The van der Waals surface area contributed by atoms with Crippen molar-refractivity contribution in [3.05, 3.63) is 98.0 Å². The van der Waals surface area contributed by atoms with E-state index < -0.39 is 46.8 Å². The predicted octanol–water partition coefficient (Wildman–Crippen LogP) is 11.6. The zero-order valence-electron chi connectivity index (χ0n) is 59.2. The molecule has 2 aromatic heterocycles. The summed E-state index contributed by atoms with van der Waals surface area (Å²) >= 11 is 3.75. The molecule has 0 radical (unpaired) electrons. The van der Waals surface area contributed by atoms with Gasteiger partial charge in [-0.15, -0.1) is 0 Å². The topological polar surface area (TPSA) is 262 Å². The van der Waals surface area contributed by atoms with Crippen LogP contribution in [0.1, 0.15) is 190 Å². The number of nitrogens with zero attached hydrogens (tertiary/aromatic N) is 6. The minimum Gasteiger partial charge on any atom is -0.413 e. The first-order valence-electron chi connectivity index (χ1n) is 32.7. The number of nitrogens with two attached hydrogens (primary N) is 2. The van der Waals surface area contributed by atoms with Gasteiger partial charge in [0.1, 0.15) is 0 Å². The predicted molar refractivity (Wildman–Crippen MR) is 371 cm³/mol. The molecule has 20 nitrogen and oxygen atoms in total. The Bertz CT molecular complexity index is 3290. The van der Waals surface area contributed by atoms with E-state index in [1.165, 1.54) is 0 Å². The van der Waals surface area contributed by atoms with Crippen LogP contribution in [-0.4, -0.2) is 135 Å². The van der Waals surface area contributed by atoms with Gasteiger partial charge in [-0.25, -0.2) is 0 Å². The number of primary amides is 2. The molecule has 5 fully saturated rings. The van der Waals surface area contributed by atoms with Gasteiger partial charge in [0.05, 0.1) is 83.0 Å². The molecule has 0 spiro atoms.